The number of hydrogen-bond donors (Lipinski definition) is 1. The fraction of sp³-hybridized carbons (Fsp3) is 0.167. The molecule has 0 aromatic carbocycles. The van der Waals surface area contributed by atoms with Crippen molar-refractivity contribution in [2.24, 2.45) is 7.05 Å². The van der Waals surface area contributed by atoms with E-state index in [0.29, 0.717) is 22.1 Å². The minimum atomic E-state index is -0.249. The molecule has 0 aliphatic heterocycles. The molecule has 0 radical (unpaired) electrons. The number of nitrogens with one attached hydrogen (secondary N) is 1. The summed E-state index contributed by atoms with van der Waals surface area (Å²) in [7, 11) is 1.82. The smallest absolute Gasteiger partial charge is 0.262 e. The van der Waals surface area contributed by atoms with Gasteiger partial charge in [0, 0.05) is 23.8 Å². The van der Waals surface area contributed by atoms with E-state index >= 15 is 0 Å². The lowest BCUT2D eigenvalue weighted by molar-refractivity contribution is 0.102. The zero-order valence-electron chi connectivity index (χ0n) is 14.6. The predicted molar refractivity (Wildman–Crippen MR) is 99.8 cm³/mol. The number of amides is 1. The van der Waals surface area contributed by atoms with Crippen LogP contribution in [0, 0.1) is 13.8 Å². The Balaban J connectivity index is 1.64. The van der Waals surface area contributed by atoms with Crippen LogP contribution in [0.4, 0.5) is 5.13 Å². The quantitative estimate of drug-likeness (QED) is 0.595. The third-order valence-electron chi connectivity index (χ3n) is 4.13. The van der Waals surface area contributed by atoms with E-state index in [9.17, 15) is 4.79 Å². The van der Waals surface area contributed by atoms with E-state index in [1.54, 1.807) is 23.2 Å². The Morgan fingerprint density at radius 3 is 2.69 bits per heavy atom. The molecule has 0 aliphatic carbocycles. The van der Waals surface area contributed by atoms with E-state index in [-0.39, 0.29) is 5.91 Å². The molecule has 8 heteroatoms. The molecule has 0 bridgehead atoms. The minimum Gasteiger partial charge on any atom is -0.463 e. The molecule has 1 amide bonds. The van der Waals surface area contributed by atoms with Crippen LogP contribution in [0.1, 0.15) is 21.7 Å². The number of rotatable bonds is 4. The number of aromatic nitrogens is 4. The number of aryl methyl sites for hydroxylation is 3. The number of carbonyl (C=O) groups is 1. The highest BCUT2D eigenvalue weighted by molar-refractivity contribution is 7.14. The zero-order chi connectivity index (χ0) is 18.3. The molecule has 7 nitrogen and oxygen atoms in total. The first-order chi connectivity index (χ1) is 12.5. The molecule has 26 heavy (non-hydrogen) atoms. The van der Waals surface area contributed by atoms with Gasteiger partial charge in [0.15, 0.2) is 10.9 Å². The van der Waals surface area contributed by atoms with E-state index in [4.69, 9.17) is 4.42 Å². The Morgan fingerprint density at radius 1 is 1.23 bits per heavy atom. The highest BCUT2D eigenvalue weighted by Crippen LogP contribution is 2.26. The van der Waals surface area contributed by atoms with Gasteiger partial charge < -0.3 is 8.98 Å². The third-order valence-corrected chi connectivity index (χ3v) is 4.89. The van der Waals surface area contributed by atoms with Crippen molar-refractivity contribution in [3.05, 3.63) is 59.1 Å². The minimum absolute atomic E-state index is 0.249. The predicted octanol–water partition coefficient (Wildman–Crippen LogP) is 3.80. The molecule has 4 aromatic rings. The molecule has 4 heterocycles. The summed E-state index contributed by atoms with van der Waals surface area (Å²) < 4.78 is 9.05. The molecule has 0 saturated carbocycles. The van der Waals surface area contributed by atoms with Crippen LogP contribution >= 0.6 is 11.3 Å². The number of carbonyl (C=O) groups excluding carboxylic acids is 1. The third kappa shape index (κ3) is 2.74. The SMILES string of the molecule is Cc1ccc(C)n1-c1c(C(=O)Nc2nc(-c3ccco3)cs2)cnn1C. The van der Waals surface area contributed by atoms with E-state index in [0.717, 1.165) is 17.2 Å². The van der Waals surface area contributed by atoms with Gasteiger partial charge in [-0.2, -0.15) is 5.10 Å². The molecule has 4 rings (SSSR count). The first kappa shape index (κ1) is 16.3. The van der Waals surface area contributed by atoms with E-state index in [1.165, 1.54) is 11.3 Å². The lowest BCUT2D eigenvalue weighted by atomic mass is 10.3. The molecule has 0 saturated heterocycles. The number of nitrogens with zero attached hydrogens (tertiary/aromatic N) is 4. The normalized spacial score (nSPS) is 11.0. The number of anilines is 1. The van der Waals surface area contributed by atoms with Crippen LogP contribution in [0.3, 0.4) is 0 Å². The molecule has 0 atom stereocenters. The van der Waals surface area contributed by atoms with E-state index in [2.05, 4.69) is 15.4 Å². The molecular weight excluding hydrogens is 350 g/mol. The molecule has 0 aliphatic rings. The zero-order valence-corrected chi connectivity index (χ0v) is 15.4. The van der Waals surface area contributed by atoms with Crippen molar-refractivity contribution in [1.82, 2.24) is 19.3 Å². The Labute approximate surface area is 153 Å². The monoisotopic (exact) mass is 367 g/mol. The first-order valence-electron chi connectivity index (χ1n) is 8.02. The number of thiazole rings is 1. The maximum Gasteiger partial charge on any atom is 0.262 e. The largest absolute Gasteiger partial charge is 0.463 e. The first-order valence-corrected chi connectivity index (χ1v) is 8.90. The average Bonchev–Trinajstić information content (AvgIpc) is 3.37. The van der Waals surface area contributed by atoms with Gasteiger partial charge in [0.2, 0.25) is 0 Å². The summed E-state index contributed by atoms with van der Waals surface area (Å²) in [5, 5.41) is 9.48. The average molecular weight is 367 g/mol. The van der Waals surface area contributed by atoms with Crippen molar-refractivity contribution in [2.75, 3.05) is 5.32 Å². The van der Waals surface area contributed by atoms with Crippen molar-refractivity contribution < 1.29 is 9.21 Å². The summed E-state index contributed by atoms with van der Waals surface area (Å²) in [6.45, 7) is 4.00. The summed E-state index contributed by atoms with van der Waals surface area (Å²) in [5.74, 6) is 1.15. The lowest BCUT2D eigenvalue weighted by Gasteiger charge is -2.12. The molecule has 0 spiro atoms. The Morgan fingerprint density at radius 2 is 2.00 bits per heavy atom. The van der Waals surface area contributed by atoms with Crippen LogP contribution in [0.2, 0.25) is 0 Å². The van der Waals surface area contributed by atoms with Crippen molar-refractivity contribution in [1.29, 1.82) is 0 Å². The summed E-state index contributed by atoms with van der Waals surface area (Å²) in [6, 6.07) is 7.66. The van der Waals surface area contributed by atoms with Crippen molar-refractivity contribution in [3.8, 4) is 17.3 Å². The lowest BCUT2D eigenvalue weighted by Crippen LogP contribution is -2.16. The maximum absolute atomic E-state index is 12.8. The molecule has 132 valence electrons. The second-order valence-electron chi connectivity index (χ2n) is 5.93. The highest BCUT2D eigenvalue weighted by atomic mass is 32.1. The summed E-state index contributed by atoms with van der Waals surface area (Å²) in [6.07, 6.45) is 3.17. The van der Waals surface area contributed by atoms with E-state index < -0.39 is 0 Å². The van der Waals surface area contributed by atoms with Crippen molar-refractivity contribution in [2.45, 2.75) is 13.8 Å². The van der Waals surface area contributed by atoms with Gasteiger partial charge in [0.05, 0.1) is 12.5 Å². The van der Waals surface area contributed by atoms with Crippen LogP contribution in [0.5, 0.6) is 0 Å². The van der Waals surface area contributed by atoms with Crippen molar-refractivity contribution in [3.63, 3.8) is 0 Å². The fourth-order valence-electron chi connectivity index (χ4n) is 2.89. The van der Waals surface area contributed by atoms with Gasteiger partial charge in [-0.05, 0) is 38.1 Å². The van der Waals surface area contributed by atoms with Crippen LogP contribution in [0.15, 0.2) is 46.5 Å². The second-order valence-corrected chi connectivity index (χ2v) is 6.78. The molecule has 0 fully saturated rings. The van der Waals surface area contributed by atoms with Crippen LogP contribution in [0.25, 0.3) is 17.3 Å². The molecule has 0 unspecified atom stereocenters. The number of hydrogen-bond acceptors (Lipinski definition) is 5. The van der Waals surface area contributed by atoms with Gasteiger partial charge in [-0.15, -0.1) is 11.3 Å². The second kappa shape index (κ2) is 6.30. The number of furan rings is 1. The molecule has 1 N–H and O–H groups in total. The Hall–Kier alpha value is -3.13. The van der Waals surface area contributed by atoms with Crippen LogP contribution < -0.4 is 5.32 Å². The maximum atomic E-state index is 12.8. The van der Waals surface area contributed by atoms with Gasteiger partial charge in [-0.25, -0.2) is 4.98 Å². The van der Waals surface area contributed by atoms with E-state index in [1.807, 2.05) is 49.0 Å². The fourth-order valence-corrected chi connectivity index (χ4v) is 3.59. The van der Waals surface area contributed by atoms with Crippen LogP contribution in [-0.2, 0) is 7.05 Å². The Kier molecular flexibility index (Phi) is 3.96. The molecule has 4 aromatic heterocycles. The van der Waals surface area contributed by atoms with Crippen molar-refractivity contribution >= 4 is 22.4 Å². The molecular formula is C18H17N5O2S. The van der Waals surface area contributed by atoms with Gasteiger partial charge in [0.25, 0.3) is 5.91 Å². The van der Waals surface area contributed by atoms with Gasteiger partial charge in [0.1, 0.15) is 17.1 Å². The van der Waals surface area contributed by atoms with Gasteiger partial charge in [-0.1, -0.05) is 0 Å². The topological polar surface area (TPSA) is 77.9 Å². The summed E-state index contributed by atoms with van der Waals surface area (Å²) in [5.41, 5.74) is 3.26. The highest BCUT2D eigenvalue weighted by Gasteiger charge is 2.21. The summed E-state index contributed by atoms with van der Waals surface area (Å²) in [4.78, 5) is 17.2. The Bertz CT molecular complexity index is 1050. The summed E-state index contributed by atoms with van der Waals surface area (Å²) >= 11 is 1.35. The standard InChI is InChI=1S/C18H17N5O2S/c1-11-6-7-12(2)23(11)17-13(9-19-22(17)3)16(24)21-18-20-14(10-26-18)15-5-4-8-25-15/h4-10H,1-3H3,(H,20,21,24). The van der Waals surface area contributed by atoms with Gasteiger partial charge in [-0.3, -0.25) is 14.8 Å². The van der Waals surface area contributed by atoms with Gasteiger partial charge >= 0.3 is 0 Å². The van der Waals surface area contributed by atoms with Crippen LogP contribution in [-0.4, -0.2) is 25.2 Å².